The molecule has 0 saturated carbocycles. The molecule has 1 N–H and O–H groups in total. The largest absolute Gasteiger partial charge is 0.381 e. The van der Waals surface area contributed by atoms with Gasteiger partial charge in [0.15, 0.2) is 0 Å². The number of hydrogen-bond donors (Lipinski definition) is 1. The molecule has 0 aliphatic carbocycles. The molecule has 1 saturated heterocycles. The predicted molar refractivity (Wildman–Crippen MR) is 99.8 cm³/mol. The molecule has 144 valence electrons. The Morgan fingerprint density at radius 1 is 1.04 bits per heavy atom. The van der Waals surface area contributed by atoms with E-state index in [2.05, 4.69) is 17.1 Å². The quantitative estimate of drug-likeness (QED) is 0.864. The first kappa shape index (κ1) is 18.4. The molecule has 7 heteroatoms. The molecule has 0 bridgehead atoms. The van der Waals surface area contributed by atoms with Crippen molar-refractivity contribution in [3.8, 4) is 0 Å². The van der Waals surface area contributed by atoms with Crippen molar-refractivity contribution < 1.29 is 17.2 Å². The summed E-state index contributed by atoms with van der Waals surface area (Å²) in [5, 5.41) is 3.52. The number of sulfone groups is 1. The Kier molecular flexibility index (Phi) is 4.68. The van der Waals surface area contributed by atoms with Crippen molar-refractivity contribution in [1.29, 1.82) is 0 Å². The molecule has 0 radical (unpaired) electrons. The summed E-state index contributed by atoms with van der Waals surface area (Å²) in [5.41, 5.74) is 1.94. The molecule has 2 heterocycles. The number of benzene rings is 2. The van der Waals surface area contributed by atoms with Crippen LogP contribution >= 0.6 is 0 Å². The van der Waals surface area contributed by atoms with Crippen LogP contribution in [0.2, 0.25) is 0 Å². The van der Waals surface area contributed by atoms with E-state index in [0.29, 0.717) is 12.1 Å². The van der Waals surface area contributed by atoms with Gasteiger partial charge >= 0.3 is 0 Å². The number of rotatable bonds is 3. The number of halogens is 2. The van der Waals surface area contributed by atoms with E-state index >= 15 is 0 Å². The molecule has 27 heavy (non-hydrogen) atoms. The van der Waals surface area contributed by atoms with Crippen molar-refractivity contribution in [3.05, 3.63) is 53.6 Å². The summed E-state index contributed by atoms with van der Waals surface area (Å²) in [5.74, 6) is -1.56. The Labute approximate surface area is 158 Å². The van der Waals surface area contributed by atoms with Crippen LogP contribution in [0.15, 0.2) is 46.2 Å². The van der Waals surface area contributed by atoms with Crippen molar-refractivity contribution >= 4 is 15.5 Å². The van der Waals surface area contributed by atoms with E-state index in [4.69, 9.17) is 0 Å². The van der Waals surface area contributed by atoms with Gasteiger partial charge in [-0.15, -0.1) is 0 Å². The van der Waals surface area contributed by atoms with Gasteiger partial charge in [-0.05, 0) is 61.8 Å². The molecule has 0 aromatic heterocycles. The lowest BCUT2D eigenvalue weighted by Gasteiger charge is -2.17. The molecule has 2 aromatic rings. The molecule has 4 nitrogen and oxygen atoms in total. The summed E-state index contributed by atoms with van der Waals surface area (Å²) in [6.45, 7) is 5.15. The number of nitrogens with one attached hydrogen (secondary N) is 1. The number of anilines is 1. The van der Waals surface area contributed by atoms with E-state index < -0.39 is 21.5 Å². The summed E-state index contributed by atoms with van der Waals surface area (Å²) in [6.07, 6.45) is 1.96. The maximum Gasteiger partial charge on any atom is 0.206 e. The highest BCUT2D eigenvalue weighted by Crippen LogP contribution is 2.42. The number of likely N-dealkylation sites (tertiary alicyclic amines) is 1. The van der Waals surface area contributed by atoms with Gasteiger partial charge in [0.1, 0.15) is 11.6 Å². The van der Waals surface area contributed by atoms with E-state index in [-0.39, 0.29) is 15.7 Å². The minimum Gasteiger partial charge on any atom is -0.381 e. The predicted octanol–water partition coefficient (Wildman–Crippen LogP) is 3.79. The Hall–Kier alpha value is -1.99. The first-order valence-corrected chi connectivity index (χ1v) is 10.7. The zero-order valence-electron chi connectivity index (χ0n) is 15.1. The van der Waals surface area contributed by atoms with Crippen LogP contribution in [0.4, 0.5) is 14.5 Å². The van der Waals surface area contributed by atoms with Crippen LogP contribution in [0.1, 0.15) is 31.2 Å². The third kappa shape index (κ3) is 3.34. The average molecular weight is 392 g/mol. The van der Waals surface area contributed by atoms with Crippen LogP contribution in [0, 0.1) is 11.6 Å². The van der Waals surface area contributed by atoms with Crippen molar-refractivity contribution in [1.82, 2.24) is 4.90 Å². The van der Waals surface area contributed by atoms with Crippen LogP contribution in [0.5, 0.6) is 0 Å². The first-order valence-electron chi connectivity index (χ1n) is 9.22. The Morgan fingerprint density at radius 2 is 1.74 bits per heavy atom. The van der Waals surface area contributed by atoms with Gasteiger partial charge in [-0.3, -0.25) is 0 Å². The zero-order chi connectivity index (χ0) is 19.2. The maximum atomic E-state index is 13.5. The molecule has 0 amide bonds. The molecule has 2 aromatic carbocycles. The van der Waals surface area contributed by atoms with Crippen LogP contribution in [-0.2, 0) is 9.84 Å². The number of fused-ring (bicyclic) bond motifs is 3. The van der Waals surface area contributed by atoms with Gasteiger partial charge in [0.05, 0.1) is 9.79 Å². The lowest BCUT2D eigenvalue weighted by molar-refractivity contribution is 0.298. The number of nitrogens with zero attached hydrogens (tertiary/aromatic N) is 1. The van der Waals surface area contributed by atoms with Crippen molar-refractivity contribution in [3.63, 3.8) is 0 Å². The second-order valence-corrected chi connectivity index (χ2v) is 9.18. The van der Waals surface area contributed by atoms with Gasteiger partial charge in [-0.1, -0.05) is 6.92 Å². The highest BCUT2D eigenvalue weighted by atomic mass is 32.2. The maximum absolute atomic E-state index is 13.5. The van der Waals surface area contributed by atoms with Gasteiger partial charge in [0.2, 0.25) is 9.84 Å². The minimum absolute atomic E-state index is 0.0743. The van der Waals surface area contributed by atoms with Crippen LogP contribution < -0.4 is 5.32 Å². The molecular weight excluding hydrogens is 370 g/mol. The number of hydrogen-bond acceptors (Lipinski definition) is 4. The molecule has 2 atom stereocenters. The molecule has 4 rings (SSSR count). The molecule has 1 fully saturated rings. The fourth-order valence-corrected chi connectivity index (χ4v) is 5.52. The topological polar surface area (TPSA) is 49.4 Å². The van der Waals surface area contributed by atoms with Crippen LogP contribution in [0.25, 0.3) is 0 Å². The Morgan fingerprint density at radius 3 is 2.44 bits per heavy atom. The zero-order valence-corrected chi connectivity index (χ0v) is 15.9. The summed E-state index contributed by atoms with van der Waals surface area (Å²) in [7, 11) is -3.99. The lowest BCUT2D eigenvalue weighted by Crippen LogP contribution is -2.25. The minimum atomic E-state index is -3.99. The first-order chi connectivity index (χ1) is 12.9. The van der Waals surface area contributed by atoms with Crippen molar-refractivity contribution in [2.45, 2.75) is 41.5 Å². The Bertz CT molecular complexity index is 958. The highest BCUT2D eigenvalue weighted by Gasteiger charge is 2.35. The van der Waals surface area contributed by atoms with Gasteiger partial charge in [0.25, 0.3) is 0 Å². The van der Waals surface area contributed by atoms with E-state index in [1.807, 2.05) is 0 Å². The molecule has 2 aliphatic heterocycles. The normalized spacial score (nSPS) is 22.6. The van der Waals surface area contributed by atoms with Gasteiger partial charge in [-0.25, -0.2) is 17.2 Å². The molecule has 2 aliphatic rings. The molecular formula is C20H22F2N2O2S. The van der Waals surface area contributed by atoms with Gasteiger partial charge in [-0.2, -0.15) is 0 Å². The monoisotopic (exact) mass is 392 g/mol. The highest BCUT2D eigenvalue weighted by molar-refractivity contribution is 7.91. The summed E-state index contributed by atoms with van der Waals surface area (Å²) in [6, 6.07) is 7.63. The summed E-state index contributed by atoms with van der Waals surface area (Å²) >= 11 is 0. The van der Waals surface area contributed by atoms with E-state index in [9.17, 15) is 17.2 Å². The van der Waals surface area contributed by atoms with E-state index in [0.717, 1.165) is 55.9 Å². The third-order valence-corrected chi connectivity index (χ3v) is 7.40. The standard InChI is InChI=1S/C20H22F2N2O2S/c1-2-24-7-5-17-18-12-15(3-4-19(18)23-20(17)6-8-24)27(25,26)16-10-13(21)9-14(22)11-16/h3-4,9-12,17,20,23H,2,5-8H2,1H3/t17-,20+/m1/s1. The average Bonchev–Trinajstić information content (AvgIpc) is 2.84. The Balaban J connectivity index is 1.70. The lowest BCUT2D eigenvalue weighted by atomic mass is 9.91. The third-order valence-electron chi connectivity index (χ3n) is 5.67. The SMILES string of the molecule is CCN1CC[C@@H]2Nc3ccc(S(=O)(=O)c4cc(F)cc(F)c4)cc3[C@H]2CC1. The molecule has 0 unspecified atom stereocenters. The van der Waals surface area contributed by atoms with E-state index in [1.165, 1.54) is 6.07 Å². The van der Waals surface area contributed by atoms with E-state index in [1.54, 1.807) is 12.1 Å². The second-order valence-electron chi connectivity index (χ2n) is 7.23. The van der Waals surface area contributed by atoms with Gasteiger partial charge < -0.3 is 10.2 Å². The smallest absolute Gasteiger partial charge is 0.206 e. The fourth-order valence-electron chi connectivity index (χ4n) is 4.18. The second kappa shape index (κ2) is 6.87. The van der Waals surface area contributed by atoms with Crippen LogP contribution in [-0.4, -0.2) is 39.0 Å². The van der Waals surface area contributed by atoms with Crippen molar-refractivity contribution in [2.24, 2.45) is 0 Å². The van der Waals surface area contributed by atoms with Crippen LogP contribution in [0.3, 0.4) is 0 Å². The fraction of sp³-hybridized carbons (Fsp3) is 0.400. The molecule has 0 spiro atoms. The summed E-state index contributed by atoms with van der Waals surface area (Å²) in [4.78, 5) is 2.11. The van der Waals surface area contributed by atoms with Crippen molar-refractivity contribution in [2.75, 3.05) is 25.0 Å². The van der Waals surface area contributed by atoms with Gasteiger partial charge in [0, 0.05) is 30.3 Å². The summed E-state index contributed by atoms with van der Waals surface area (Å²) < 4.78 is 52.8.